The first-order chi connectivity index (χ1) is 7.18. The molecule has 4 heteroatoms. The average molecular weight is 207 g/mol. The summed E-state index contributed by atoms with van der Waals surface area (Å²) in [5.74, 6) is -0.231. The summed E-state index contributed by atoms with van der Waals surface area (Å²) in [7, 11) is 0. The van der Waals surface area contributed by atoms with Crippen LogP contribution in [0.1, 0.15) is 23.2 Å². The van der Waals surface area contributed by atoms with E-state index in [1.165, 1.54) is 18.2 Å². The van der Waals surface area contributed by atoms with Gasteiger partial charge < -0.3 is 15.5 Å². The van der Waals surface area contributed by atoms with Gasteiger partial charge in [0.2, 0.25) is 0 Å². The summed E-state index contributed by atoms with van der Waals surface area (Å²) in [4.78, 5) is 11.6. The van der Waals surface area contributed by atoms with E-state index in [2.05, 4.69) is 5.32 Å². The van der Waals surface area contributed by atoms with Crippen molar-refractivity contribution in [2.45, 2.75) is 12.8 Å². The van der Waals surface area contributed by atoms with Crippen molar-refractivity contribution in [1.29, 1.82) is 0 Å². The van der Waals surface area contributed by atoms with Gasteiger partial charge in [0.1, 0.15) is 17.1 Å². The van der Waals surface area contributed by atoms with Crippen molar-refractivity contribution in [3.63, 3.8) is 0 Å². The Labute approximate surface area is 87.6 Å². The summed E-state index contributed by atoms with van der Waals surface area (Å²) < 4.78 is 0. The zero-order valence-corrected chi connectivity index (χ0v) is 8.23. The third-order valence-electron chi connectivity index (χ3n) is 2.50. The highest BCUT2D eigenvalue weighted by atomic mass is 16.3. The summed E-state index contributed by atoms with van der Waals surface area (Å²) >= 11 is 0. The molecule has 1 amide bonds. The summed E-state index contributed by atoms with van der Waals surface area (Å²) in [5, 5.41) is 21.5. The van der Waals surface area contributed by atoms with Crippen LogP contribution in [0.15, 0.2) is 18.2 Å². The van der Waals surface area contributed by atoms with Crippen LogP contribution in [0.25, 0.3) is 0 Å². The quantitative estimate of drug-likeness (QED) is 0.698. The lowest BCUT2D eigenvalue weighted by molar-refractivity contribution is 0.0946. The molecule has 0 saturated heterocycles. The van der Waals surface area contributed by atoms with Crippen LogP contribution in [0, 0.1) is 5.92 Å². The molecule has 0 radical (unpaired) electrons. The number of phenolic OH excluding ortho intramolecular Hbond substituents is 2. The number of aromatic hydroxyl groups is 2. The second kappa shape index (κ2) is 3.81. The molecule has 0 unspecified atom stereocenters. The average Bonchev–Trinajstić information content (AvgIpc) is 2.97. The number of rotatable bonds is 3. The summed E-state index contributed by atoms with van der Waals surface area (Å²) in [6.45, 7) is 0.618. The Morgan fingerprint density at radius 1 is 1.33 bits per heavy atom. The number of amides is 1. The molecule has 80 valence electrons. The van der Waals surface area contributed by atoms with E-state index in [-0.39, 0.29) is 17.1 Å². The molecule has 1 fully saturated rings. The molecule has 15 heavy (non-hydrogen) atoms. The third kappa shape index (κ3) is 2.21. The lowest BCUT2D eigenvalue weighted by Gasteiger charge is -2.07. The van der Waals surface area contributed by atoms with E-state index in [1.54, 1.807) is 0 Å². The Kier molecular flexibility index (Phi) is 2.49. The van der Waals surface area contributed by atoms with E-state index in [4.69, 9.17) is 0 Å². The van der Waals surface area contributed by atoms with Gasteiger partial charge in [0.25, 0.3) is 5.91 Å². The molecule has 0 atom stereocenters. The van der Waals surface area contributed by atoms with Crippen LogP contribution in [0.3, 0.4) is 0 Å². The van der Waals surface area contributed by atoms with Crippen molar-refractivity contribution in [2.75, 3.05) is 6.54 Å². The van der Waals surface area contributed by atoms with Crippen molar-refractivity contribution in [2.24, 2.45) is 5.92 Å². The van der Waals surface area contributed by atoms with Gasteiger partial charge in [-0.1, -0.05) is 6.07 Å². The van der Waals surface area contributed by atoms with Gasteiger partial charge >= 0.3 is 0 Å². The Morgan fingerprint density at radius 3 is 2.47 bits per heavy atom. The van der Waals surface area contributed by atoms with Gasteiger partial charge in [-0.05, 0) is 30.9 Å². The number of phenols is 2. The first-order valence-corrected chi connectivity index (χ1v) is 4.97. The Bertz CT molecular complexity index is 365. The van der Waals surface area contributed by atoms with Gasteiger partial charge in [-0.3, -0.25) is 4.79 Å². The largest absolute Gasteiger partial charge is 0.507 e. The first-order valence-electron chi connectivity index (χ1n) is 4.97. The maximum absolute atomic E-state index is 11.6. The molecular formula is C11H13NO3. The molecule has 0 aromatic heterocycles. The van der Waals surface area contributed by atoms with E-state index < -0.39 is 5.91 Å². The van der Waals surface area contributed by atoms with E-state index in [9.17, 15) is 15.0 Å². The van der Waals surface area contributed by atoms with Gasteiger partial charge in [0.05, 0.1) is 0 Å². The topological polar surface area (TPSA) is 69.6 Å². The van der Waals surface area contributed by atoms with Gasteiger partial charge in [-0.15, -0.1) is 0 Å². The maximum atomic E-state index is 11.6. The van der Waals surface area contributed by atoms with Gasteiger partial charge in [0, 0.05) is 6.54 Å². The second-order valence-corrected chi connectivity index (χ2v) is 3.82. The minimum absolute atomic E-state index is 0.0434. The molecule has 0 spiro atoms. The van der Waals surface area contributed by atoms with E-state index in [0.29, 0.717) is 12.5 Å². The number of carbonyl (C=O) groups excluding carboxylic acids is 1. The van der Waals surface area contributed by atoms with Gasteiger partial charge in [0.15, 0.2) is 0 Å². The highest BCUT2D eigenvalue weighted by molar-refractivity contribution is 5.99. The Morgan fingerprint density at radius 2 is 1.93 bits per heavy atom. The minimum Gasteiger partial charge on any atom is -0.507 e. The number of hydrogen-bond donors (Lipinski definition) is 3. The molecule has 1 aromatic carbocycles. The molecule has 0 aliphatic heterocycles. The SMILES string of the molecule is O=C(NCC1CC1)c1c(O)cccc1O. The summed E-state index contributed by atoms with van der Waals surface area (Å²) in [6, 6.07) is 4.25. The van der Waals surface area contributed by atoms with Gasteiger partial charge in [-0.25, -0.2) is 0 Å². The minimum atomic E-state index is -0.419. The normalized spacial score (nSPS) is 14.9. The van der Waals surface area contributed by atoms with Crippen molar-refractivity contribution in [3.05, 3.63) is 23.8 Å². The Balaban J connectivity index is 2.09. The number of hydrogen-bond acceptors (Lipinski definition) is 3. The molecule has 4 nitrogen and oxygen atoms in total. The Hall–Kier alpha value is -1.71. The van der Waals surface area contributed by atoms with Crippen molar-refractivity contribution >= 4 is 5.91 Å². The van der Waals surface area contributed by atoms with Crippen LogP contribution in [-0.2, 0) is 0 Å². The monoisotopic (exact) mass is 207 g/mol. The molecule has 3 N–H and O–H groups in total. The van der Waals surface area contributed by atoms with Crippen LogP contribution in [0.4, 0.5) is 0 Å². The fourth-order valence-electron chi connectivity index (χ4n) is 1.41. The molecule has 0 heterocycles. The summed E-state index contributed by atoms with van der Waals surface area (Å²) in [5.41, 5.74) is -0.0434. The highest BCUT2D eigenvalue weighted by Crippen LogP contribution is 2.29. The van der Waals surface area contributed by atoms with Crippen LogP contribution in [-0.4, -0.2) is 22.7 Å². The smallest absolute Gasteiger partial charge is 0.258 e. The number of benzene rings is 1. The van der Waals surface area contributed by atoms with Crippen LogP contribution >= 0.6 is 0 Å². The standard InChI is InChI=1S/C11H13NO3/c13-8-2-1-3-9(14)10(8)11(15)12-6-7-4-5-7/h1-3,7,13-14H,4-6H2,(H,12,15). The molecule has 1 saturated carbocycles. The fraction of sp³-hybridized carbons (Fsp3) is 0.364. The van der Waals surface area contributed by atoms with Crippen LogP contribution in [0.2, 0.25) is 0 Å². The number of nitrogens with one attached hydrogen (secondary N) is 1. The second-order valence-electron chi connectivity index (χ2n) is 3.82. The fourth-order valence-corrected chi connectivity index (χ4v) is 1.41. The lowest BCUT2D eigenvalue weighted by atomic mass is 10.1. The molecule has 1 aliphatic carbocycles. The third-order valence-corrected chi connectivity index (χ3v) is 2.50. The van der Waals surface area contributed by atoms with E-state index in [1.807, 2.05) is 0 Å². The summed E-state index contributed by atoms with van der Waals surface area (Å²) in [6.07, 6.45) is 2.29. The molecule has 0 bridgehead atoms. The van der Waals surface area contributed by atoms with Crippen LogP contribution < -0.4 is 5.32 Å². The molecular weight excluding hydrogens is 194 g/mol. The van der Waals surface area contributed by atoms with E-state index >= 15 is 0 Å². The van der Waals surface area contributed by atoms with Crippen molar-refractivity contribution in [3.8, 4) is 11.5 Å². The highest BCUT2D eigenvalue weighted by Gasteiger charge is 2.23. The predicted octanol–water partition coefficient (Wildman–Crippen LogP) is 1.24. The maximum Gasteiger partial charge on any atom is 0.258 e. The van der Waals surface area contributed by atoms with Crippen molar-refractivity contribution in [1.82, 2.24) is 5.32 Å². The molecule has 1 aromatic rings. The van der Waals surface area contributed by atoms with Gasteiger partial charge in [-0.2, -0.15) is 0 Å². The number of carbonyl (C=O) groups is 1. The molecule has 2 rings (SSSR count). The first kappa shape index (κ1) is 9.83. The lowest BCUT2D eigenvalue weighted by Crippen LogP contribution is -2.25. The van der Waals surface area contributed by atoms with Crippen molar-refractivity contribution < 1.29 is 15.0 Å². The molecule has 1 aliphatic rings. The van der Waals surface area contributed by atoms with E-state index in [0.717, 1.165) is 12.8 Å². The zero-order valence-electron chi connectivity index (χ0n) is 8.23. The predicted molar refractivity (Wildman–Crippen MR) is 54.8 cm³/mol. The van der Waals surface area contributed by atoms with Crippen LogP contribution in [0.5, 0.6) is 11.5 Å². The zero-order chi connectivity index (χ0) is 10.8.